The highest BCUT2D eigenvalue weighted by atomic mass is 79.9. The van der Waals surface area contributed by atoms with Gasteiger partial charge < -0.3 is 4.74 Å². The lowest BCUT2D eigenvalue weighted by Gasteiger charge is -2.09. The van der Waals surface area contributed by atoms with E-state index in [9.17, 15) is 0 Å². The maximum atomic E-state index is 5.79. The summed E-state index contributed by atoms with van der Waals surface area (Å²) in [5.74, 6) is 0.963. The van der Waals surface area contributed by atoms with Gasteiger partial charge in [-0.25, -0.2) is 0 Å². The van der Waals surface area contributed by atoms with Gasteiger partial charge in [0.15, 0.2) is 0 Å². The van der Waals surface area contributed by atoms with Gasteiger partial charge in [-0.3, -0.25) is 0 Å². The predicted octanol–water partition coefficient (Wildman–Crippen LogP) is 6.38. The third-order valence-corrected chi connectivity index (χ3v) is 4.11. The Morgan fingerprint density at radius 1 is 0.952 bits per heavy atom. The number of rotatable bonds is 7. The van der Waals surface area contributed by atoms with Crippen LogP contribution in [-0.4, -0.2) is 6.61 Å². The normalized spacial score (nSPS) is 10.6. The third-order valence-electron chi connectivity index (χ3n) is 3.62. The second-order valence-corrected chi connectivity index (χ2v) is 6.31. The van der Waals surface area contributed by atoms with Crippen molar-refractivity contribution in [1.82, 2.24) is 0 Å². The number of benzene rings is 2. The molecule has 0 amide bonds. The zero-order chi connectivity index (χ0) is 15.1. The molecule has 0 unspecified atom stereocenters. The van der Waals surface area contributed by atoms with E-state index < -0.39 is 0 Å². The Balaban J connectivity index is 1.95. The Hall–Kier alpha value is -1.28. The molecule has 2 aromatic rings. The van der Waals surface area contributed by atoms with Crippen molar-refractivity contribution in [1.29, 1.82) is 0 Å². The fourth-order valence-electron chi connectivity index (χ4n) is 2.40. The molecule has 21 heavy (non-hydrogen) atoms. The smallest absolute Gasteiger partial charge is 0.119 e. The molecule has 0 aromatic heterocycles. The van der Waals surface area contributed by atoms with Crippen LogP contribution in [0.15, 0.2) is 46.9 Å². The average molecular weight is 347 g/mol. The molecule has 0 radical (unpaired) electrons. The van der Waals surface area contributed by atoms with Gasteiger partial charge in [0.05, 0.1) is 6.61 Å². The summed E-state index contributed by atoms with van der Waals surface area (Å²) in [6.45, 7) is 5.18. The van der Waals surface area contributed by atoms with Crippen LogP contribution in [0.2, 0.25) is 0 Å². The second kappa shape index (κ2) is 8.23. The van der Waals surface area contributed by atoms with Gasteiger partial charge in [0.25, 0.3) is 0 Å². The zero-order valence-corrected chi connectivity index (χ0v) is 14.4. The molecule has 0 N–H and O–H groups in total. The molecule has 0 aliphatic rings. The van der Waals surface area contributed by atoms with Crippen LogP contribution in [0.1, 0.15) is 38.2 Å². The minimum atomic E-state index is 0.816. The Morgan fingerprint density at radius 3 is 2.38 bits per heavy atom. The second-order valence-electron chi connectivity index (χ2n) is 5.39. The molecule has 0 spiro atoms. The summed E-state index contributed by atoms with van der Waals surface area (Å²) < 4.78 is 6.91. The van der Waals surface area contributed by atoms with E-state index in [2.05, 4.69) is 72.2 Å². The van der Waals surface area contributed by atoms with Crippen molar-refractivity contribution in [3.05, 3.63) is 52.5 Å². The molecule has 0 aliphatic heterocycles. The first-order valence-corrected chi connectivity index (χ1v) is 8.49. The summed E-state index contributed by atoms with van der Waals surface area (Å²) in [4.78, 5) is 0. The lowest BCUT2D eigenvalue weighted by atomic mass is 10.0. The van der Waals surface area contributed by atoms with Crippen LogP contribution in [0.4, 0.5) is 0 Å². The van der Waals surface area contributed by atoms with Gasteiger partial charge in [-0.05, 0) is 54.3 Å². The fraction of sp³-hybridized carbons (Fsp3) is 0.368. The van der Waals surface area contributed by atoms with Crippen LogP contribution in [0, 0.1) is 6.92 Å². The zero-order valence-electron chi connectivity index (χ0n) is 12.9. The van der Waals surface area contributed by atoms with Crippen LogP contribution >= 0.6 is 15.9 Å². The van der Waals surface area contributed by atoms with Crippen LogP contribution in [0.25, 0.3) is 11.1 Å². The first-order chi connectivity index (χ1) is 10.2. The molecule has 112 valence electrons. The van der Waals surface area contributed by atoms with Crippen LogP contribution in [-0.2, 0) is 0 Å². The van der Waals surface area contributed by atoms with Gasteiger partial charge in [0.2, 0.25) is 0 Å². The van der Waals surface area contributed by atoms with E-state index in [4.69, 9.17) is 4.74 Å². The molecule has 0 saturated carbocycles. The molecular weight excluding hydrogens is 324 g/mol. The SMILES string of the molecule is CCCCCCOc1ccc(-c2ccc(Br)cc2C)cc1. The summed E-state index contributed by atoms with van der Waals surface area (Å²) in [5.41, 5.74) is 3.78. The number of halogens is 1. The molecular formula is C19H23BrO. The van der Waals surface area contributed by atoms with Gasteiger partial charge in [0, 0.05) is 4.47 Å². The molecule has 1 nitrogen and oxygen atoms in total. The van der Waals surface area contributed by atoms with Crippen molar-refractivity contribution in [2.75, 3.05) is 6.61 Å². The van der Waals surface area contributed by atoms with Crippen molar-refractivity contribution in [2.24, 2.45) is 0 Å². The van der Waals surface area contributed by atoms with E-state index in [1.54, 1.807) is 0 Å². The van der Waals surface area contributed by atoms with E-state index in [-0.39, 0.29) is 0 Å². The third kappa shape index (κ3) is 4.89. The van der Waals surface area contributed by atoms with E-state index in [1.165, 1.54) is 36.0 Å². The summed E-state index contributed by atoms with van der Waals surface area (Å²) in [5, 5.41) is 0. The first-order valence-electron chi connectivity index (χ1n) is 7.70. The molecule has 0 saturated heterocycles. The number of hydrogen-bond donors (Lipinski definition) is 0. The number of ether oxygens (including phenoxy) is 1. The van der Waals surface area contributed by atoms with Crippen molar-refractivity contribution in [2.45, 2.75) is 39.5 Å². The maximum absolute atomic E-state index is 5.79. The summed E-state index contributed by atoms with van der Waals surface area (Å²) in [7, 11) is 0. The monoisotopic (exact) mass is 346 g/mol. The average Bonchev–Trinajstić information content (AvgIpc) is 2.48. The van der Waals surface area contributed by atoms with Gasteiger partial charge in [0.1, 0.15) is 5.75 Å². The van der Waals surface area contributed by atoms with Crippen LogP contribution < -0.4 is 4.74 Å². The summed E-state index contributed by atoms with van der Waals surface area (Å²) in [6.07, 6.45) is 4.96. The Morgan fingerprint density at radius 2 is 1.71 bits per heavy atom. The highest BCUT2D eigenvalue weighted by Gasteiger charge is 2.03. The number of unbranched alkanes of at least 4 members (excludes halogenated alkanes) is 3. The summed E-state index contributed by atoms with van der Waals surface area (Å²) >= 11 is 3.51. The highest BCUT2D eigenvalue weighted by Crippen LogP contribution is 2.27. The van der Waals surface area contributed by atoms with Crippen LogP contribution in [0.3, 0.4) is 0 Å². The topological polar surface area (TPSA) is 9.23 Å². The number of hydrogen-bond acceptors (Lipinski definition) is 1. The first kappa shape index (κ1) is 16.1. The highest BCUT2D eigenvalue weighted by molar-refractivity contribution is 9.10. The van der Waals surface area contributed by atoms with Crippen molar-refractivity contribution >= 4 is 15.9 Å². The van der Waals surface area contributed by atoms with Gasteiger partial charge >= 0.3 is 0 Å². The molecule has 0 aliphatic carbocycles. The van der Waals surface area contributed by atoms with Gasteiger partial charge in [-0.15, -0.1) is 0 Å². The molecule has 2 aromatic carbocycles. The number of aryl methyl sites for hydroxylation is 1. The van der Waals surface area contributed by atoms with Crippen molar-refractivity contribution in [3.63, 3.8) is 0 Å². The Labute approximate surface area is 136 Å². The van der Waals surface area contributed by atoms with E-state index in [0.29, 0.717) is 0 Å². The molecule has 0 bridgehead atoms. The quantitative estimate of drug-likeness (QED) is 0.528. The van der Waals surface area contributed by atoms with Gasteiger partial charge in [-0.2, -0.15) is 0 Å². The molecule has 0 heterocycles. The molecule has 2 rings (SSSR count). The van der Waals surface area contributed by atoms with E-state index in [1.807, 2.05) is 0 Å². The van der Waals surface area contributed by atoms with Crippen molar-refractivity contribution < 1.29 is 4.74 Å². The summed E-state index contributed by atoms with van der Waals surface area (Å²) in [6, 6.07) is 14.8. The van der Waals surface area contributed by atoms with E-state index in [0.717, 1.165) is 23.2 Å². The molecule has 0 atom stereocenters. The lowest BCUT2D eigenvalue weighted by molar-refractivity contribution is 0.305. The molecule has 2 heteroatoms. The predicted molar refractivity (Wildman–Crippen MR) is 94.0 cm³/mol. The lowest BCUT2D eigenvalue weighted by Crippen LogP contribution is -1.97. The fourth-order valence-corrected chi connectivity index (χ4v) is 2.88. The van der Waals surface area contributed by atoms with E-state index >= 15 is 0 Å². The molecule has 0 fully saturated rings. The minimum Gasteiger partial charge on any atom is -0.494 e. The Kier molecular flexibility index (Phi) is 6.31. The minimum absolute atomic E-state index is 0.816. The van der Waals surface area contributed by atoms with Crippen molar-refractivity contribution in [3.8, 4) is 16.9 Å². The largest absolute Gasteiger partial charge is 0.494 e. The standard InChI is InChI=1S/C19H23BrO/c1-3-4-5-6-13-21-18-10-7-16(8-11-18)19-12-9-17(20)14-15(19)2/h7-12,14H,3-6,13H2,1-2H3. The maximum Gasteiger partial charge on any atom is 0.119 e. The Bertz CT molecular complexity index is 560. The van der Waals surface area contributed by atoms with Gasteiger partial charge in [-0.1, -0.05) is 60.3 Å². The van der Waals surface area contributed by atoms with Crippen LogP contribution in [0.5, 0.6) is 5.75 Å².